The zero-order valence-corrected chi connectivity index (χ0v) is 12.8. The molecule has 2 aromatic carbocycles. The van der Waals surface area contributed by atoms with Gasteiger partial charge in [-0.2, -0.15) is 0 Å². The van der Waals surface area contributed by atoms with Crippen molar-refractivity contribution in [1.29, 1.82) is 0 Å². The highest BCUT2D eigenvalue weighted by Gasteiger charge is 2.15. The summed E-state index contributed by atoms with van der Waals surface area (Å²) in [7, 11) is 1.56. The van der Waals surface area contributed by atoms with Crippen molar-refractivity contribution in [2.24, 2.45) is 10.6 Å². The van der Waals surface area contributed by atoms with E-state index in [1.165, 1.54) is 16.7 Å². The summed E-state index contributed by atoms with van der Waals surface area (Å²) in [5, 5.41) is 3.91. The van der Waals surface area contributed by atoms with E-state index in [0.29, 0.717) is 0 Å². The molecule has 0 spiro atoms. The maximum atomic E-state index is 4.81. The predicted molar refractivity (Wildman–Crippen MR) is 89.2 cm³/mol. The zero-order valence-electron chi connectivity index (χ0n) is 12.8. The zero-order chi connectivity index (χ0) is 15.1. The Labute approximate surface area is 126 Å². The van der Waals surface area contributed by atoms with Gasteiger partial charge in [0, 0.05) is 5.41 Å². The molecule has 0 unspecified atom stereocenters. The van der Waals surface area contributed by atoms with Gasteiger partial charge < -0.3 is 4.84 Å². The van der Waals surface area contributed by atoms with Crippen LogP contribution < -0.4 is 0 Å². The van der Waals surface area contributed by atoms with Crippen molar-refractivity contribution < 1.29 is 4.84 Å². The molecule has 0 aliphatic carbocycles. The molecule has 0 bridgehead atoms. The van der Waals surface area contributed by atoms with Gasteiger partial charge in [0.15, 0.2) is 0 Å². The monoisotopic (exact) mass is 279 g/mol. The molecule has 2 nitrogen and oxygen atoms in total. The molecule has 108 valence electrons. The van der Waals surface area contributed by atoms with Gasteiger partial charge in [-0.1, -0.05) is 85.7 Å². The van der Waals surface area contributed by atoms with Crippen LogP contribution in [-0.4, -0.2) is 13.3 Å². The van der Waals surface area contributed by atoms with Crippen molar-refractivity contribution in [2.45, 2.75) is 13.8 Å². The van der Waals surface area contributed by atoms with E-state index in [4.69, 9.17) is 4.84 Å². The number of hydrogen-bond acceptors (Lipinski definition) is 2. The second-order valence-electron chi connectivity index (χ2n) is 5.53. The number of hydrogen-bond donors (Lipinski definition) is 0. The van der Waals surface area contributed by atoms with Crippen LogP contribution in [0.2, 0.25) is 0 Å². The van der Waals surface area contributed by atoms with Crippen molar-refractivity contribution in [1.82, 2.24) is 0 Å². The molecule has 0 amide bonds. The van der Waals surface area contributed by atoms with Gasteiger partial charge in [-0.25, -0.2) is 0 Å². The second-order valence-corrected chi connectivity index (χ2v) is 5.53. The predicted octanol–water partition coefficient (Wildman–Crippen LogP) is 4.78. The number of benzene rings is 2. The van der Waals surface area contributed by atoms with Gasteiger partial charge in [0.2, 0.25) is 0 Å². The Hall–Kier alpha value is -2.35. The highest BCUT2D eigenvalue weighted by molar-refractivity contribution is 5.83. The Balaban J connectivity index is 2.49. The number of nitrogens with zero attached hydrogens (tertiary/aromatic N) is 1. The minimum absolute atomic E-state index is 0.197. The van der Waals surface area contributed by atoms with Gasteiger partial charge >= 0.3 is 0 Å². The number of oxime groups is 1. The average molecular weight is 279 g/mol. The molecule has 2 aromatic rings. The summed E-state index contributed by atoms with van der Waals surface area (Å²) in [4.78, 5) is 4.81. The van der Waals surface area contributed by atoms with Gasteiger partial charge in [-0.3, -0.25) is 0 Å². The topological polar surface area (TPSA) is 21.6 Å². The molecule has 0 atom stereocenters. The third kappa shape index (κ3) is 4.32. The molecule has 21 heavy (non-hydrogen) atoms. The fourth-order valence-corrected chi connectivity index (χ4v) is 2.17. The highest BCUT2D eigenvalue weighted by atomic mass is 16.6. The maximum Gasteiger partial charge on any atom is 0.106 e. The van der Waals surface area contributed by atoms with Gasteiger partial charge in [0.25, 0.3) is 0 Å². The quantitative estimate of drug-likeness (QED) is 0.570. The van der Waals surface area contributed by atoms with E-state index < -0.39 is 0 Å². The van der Waals surface area contributed by atoms with Crippen molar-refractivity contribution in [2.75, 3.05) is 7.11 Å². The van der Waals surface area contributed by atoms with Crippen molar-refractivity contribution in [3.8, 4) is 0 Å². The first-order valence-corrected chi connectivity index (χ1v) is 7.04. The van der Waals surface area contributed by atoms with Crippen LogP contribution in [0.4, 0.5) is 0 Å². The van der Waals surface area contributed by atoms with Crippen LogP contribution in [0, 0.1) is 5.41 Å². The standard InChI is InChI=1S/C19H21NO/c1-19(2,15-20-21-3)14-18(16-10-6-4-7-11-16)17-12-8-5-9-13-17/h4-15H,1-3H3/b20-15+. The average Bonchev–Trinajstić information content (AvgIpc) is 2.52. The van der Waals surface area contributed by atoms with Gasteiger partial charge in [0.05, 0.1) is 6.21 Å². The molecule has 0 saturated carbocycles. The smallest absolute Gasteiger partial charge is 0.106 e. The highest BCUT2D eigenvalue weighted by Crippen LogP contribution is 2.28. The van der Waals surface area contributed by atoms with E-state index in [9.17, 15) is 0 Å². The van der Waals surface area contributed by atoms with E-state index >= 15 is 0 Å². The molecule has 0 fully saturated rings. The molecule has 0 N–H and O–H groups in total. The van der Waals surface area contributed by atoms with E-state index in [1.54, 1.807) is 7.11 Å². The second kappa shape index (κ2) is 6.89. The lowest BCUT2D eigenvalue weighted by Gasteiger charge is -2.18. The molecule has 0 saturated heterocycles. The number of allylic oxidation sites excluding steroid dienone is 1. The summed E-state index contributed by atoms with van der Waals surface area (Å²) in [5.41, 5.74) is 3.39. The third-order valence-electron chi connectivity index (χ3n) is 3.18. The number of rotatable bonds is 5. The largest absolute Gasteiger partial charge is 0.399 e. The lowest BCUT2D eigenvalue weighted by Crippen LogP contribution is -2.10. The molecular formula is C19H21NO. The molecular weight excluding hydrogens is 258 g/mol. The van der Waals surface area contributed by atoms with Crippen molar-refractivity contribution in [3.05, 3.63) is 77.9 Å². The molecule has 2 rings (SSSR count). The first kappa shape index (κ1) is 15.0. The minimum Gasteiger partial charge on any atom is -0.399 e. The Kier molecular flexibility index (Phi) is 4.94. The maximum absolute atomic E-state index is 4.81. The molecule has 2 heteroatoms. The van der Waals surface area contributed by atoms with E-state index in [-0.39, 0.29) is 5.41 Å². The summed E-state index contributed by atoms with van der Waals surface area (Å²) in [6, 6.07) is 20.8. The first-order valence-electron chi connectivity index (χ1n) is 7.04. The van der Waals surface area contributed by atoms with Crippen LogP contribution in [-0.2, 0) is 4.84 Å². The molecule has 0 aromatic heterocycles. The van der Waals surface area contributed by atoms with Gasteiger partial charge in [-0.15, -0.1) is 0 Å². The Bertz CT molecular complexity index is 571. The molecule has 0 aliphatic rings. The SMILES string of the molecule is CO/N=C/C(C)(C)C=C(c1ccccc1)c1ccccc1. The van der Waals surface area contributed by atoms with Crippen LogP contribution in [0.1, 0.15) is 25.0 Å². The molecule has 0 radical (unpaired) electrons. The lowest BCUT2D eigenvalue weighted by molar-refractivity contribution is 0.212. The van der Waals surface area contributed by atoms with Crippen LogP contribution in [0.3, 0.4) is 0 Å². The van der Waals surface area contributed by atoms with Gasteiger partial charge in [-0.05, 0) is 16.7 Å². The normalized spacial score (nSPS) is 11.4. The fraction of sp³-hybridized carbons (Fsp3) is 0.211. The van der Waals surface area contributed by atoms with E-state index in [1.807, 2.05) is 18.3 Å². The summed E-state index contributed by atoms with van der Waals surface area (Å²) < 4.78 is 0. The van der Waals surface area contributed by atoms with Crippen molar-refractivity contribution in [3.63, 3.8) is 0 Å². The van der Waals surface area contributed by atoms with Crippen LogP contribution in [0.25, 0.3) is 5.57 Å². The Morgan fingerprint density at radius 2 is 1.38 bits per heavy atom. The van der Waals surface area contributed by atoms with E-state index in [2.05, 4.69) is 73.6 Å². The van der Waals surface area contributed by atoms with Crippen LogP contribution in [0.5, 0.6) is 0 Å². The summed E-state index contributed by atoms with van der Waals surface area (Å²) in [6.45, 7) is 4.22. The fourth-order valence-electron chi connectivity index (χ4n) is 2.17. The van der Waals surface area contributed by atoms with Gasteiger partial charge in [0.1, 0.15) is 7.11 Å². The minimum atomic E-state index is -0.197. The van der Waals surface area contributed by atoms with Crippen molar-refractivity contribution >= 4 is 11.8 Å². The summed E-state index contributed by atoms with van der Waals surface area (Å²) in [6.07, 6.45) is 4.04. The molecule has 0 heterocycles. The third-order valence-corrected chi connectivity index (χ3v) is 3.18. The summed E-state index contributed by atoms with van der Waals surface area (Å²) in [5.74, 6) is 0. The molecule has 0 aliphatic heterocycles. The Morgan fingerprint density at radius 3 is 1.81 bits per heavy atom. The Morgan fingerprint density at radius 1 is 0.905 bits per heavy atom. The van der Waals surface area contributed by atoms with Crippen LogP contribution in [0.15, 0.2) is 71.9 Å². The lowest BCUT2D eigenvalue weighted by atomic mass is 9.87. The first-order chi connectivity index (χ1) is 10.1. The summed E-state index contributed by atoms with van der Waals surface area (Å²) >= 11 is 0. The van der Waals surface area contributed by atoms with E-state index in [0.717, 1.165) is 0 Å². The van der Waals surface area contributed by atoms with Crippen LogP contribution >= 0.6 is 0 Å².